The molecular weight excluding hydrogens is 310 g/mol. The lowest BCUT2D eigenvalue weighted by molar-refractivity contribution is -0.385. The molecule has 1 aromatic heterocycles. The van der Waals surface area contributed by atoms with Crippen molar-refractivity contribution < 1.29 is 19.2 Å². The molecule has 0 atom stereocenters. The molecule has 0 radical (unpaired) electrons. The van der Waals surface area contributed by atoms with Gasteiger partial charge in [-0.25, -0.2) is 9.78 Å². The summed E-state index contributed by atoms with van der Waals surface area (Å²) in [5.41, 5.74) is 0.00945. The molecule has 0 fully saturated rings. The lowest BCUT2D eigenvalue weighted by Crippen LogP contribution is -2.09. The largest absolute Gasteiger partial charge is 0.455 e. The number of para-hydroxylation sites is 1. The van der Waals surface area contributed by atoms with Crippen LogP contribution in [0.25, 0.3) is 0 Å². The number of thiazole rings is 1. The van der Waals surface area contributed by atoms with Crippen molar-refractivity contribution in [2.24, 2.45) is 0 Å². The first-order chi connectivity index (χ1) is 10.5. The van der Waals surface area contributed by atoms with Crippen molar-refractivity contribution in [2.45, 2.75) is 13.5 Å². The van der Waals surface area contributed by atoms with E-state index < -0.39 is 10.9 Å². The van der Waals surface area contributed by atoms with Gasteiger partial charge < -0.3 is 10.1 Å². The summed E-state index contributed by atoms with van der Waals surface area (Å²) in [4.78, 5) is 37.0. The number of ether oxygens (including phenoxy) is 1. The van der Waals surface area contributed by atoms with Gasteiger partial charge in [0.15, 0.2) is 5.13 Å². The summed E-state index contributed by atoms with van der Waals surface area (Å²) in [6.07, 6.45) is 0. The van der Waals surface area contributed by atoms with Crippen LogP contribution < -0.4 is 5.32 Å². The number of aromatic nitrogens is 1. The number of nitro groups is 1. The van der Waals surface area contributed by atoms with E-state index in [4.69, 9.17) is 4.74 Å². The van der Waals surface area contributed by atoms with E-state index in [0.717, 1.165) is 0 Å². The summed E-state index contributed by atoms with van der Waals surface area (Å²) in [5, 5.41) is 15.4. The molecule has 1 amide bonds. The molecular formula is C13H11N3O5S. The first-order valence-corrected chi connectivity index (χ1v) is 6.98. The number of carbonyl (C=O) groups is 2. The monoisotopic (exact) mass is 321 g/mol. The van der Waals surface area contributed by atoms with E-state index in [1.165, 1.54) is 42.5 Å². The molecule has 0 aliphatic heterocycles. The minimum atomic E-state index is -0.804. The minimum Gasteiger partial charge on any atom is -0.455 e. The molecule has 2 rings (SSSR count). The van der Waals surface area contributed by atoms with Crippen LogP contribution in [0.2, 0.25) is 0 Å². The Hall–Kier alpha value is -2.81. The van der Waals surface area contributed by atoms with Gasteiger partial charge in [0.1, 0.15) is 12.2 Å². The van der Waals surface area contributed by atoms with Crippen LogP contribution in [-0.4, -0.2) is 21.8 Å². The Kier molecular flexibility index (Phi) is 4.79. The first kappa shape index (κ1) is 15.6. The molecule has 0 saturated carbocycles. The van der Waals surface area contributed by atoms with E-state index in [1.54, 1.807) is 5.38 Å². The molecule has 2 aromatic rings. The summed E-state index contributed by atoms with van der Waals surface area (Å²) in [5.74, 6) is -1.06. The number of nitro benzene ring substituents is 1. The van der Waals surface area contributed by atoms with Gasteiger partial charge in [-0.15, -0.1) is 11.3 Å². The number of esters is 1. The van der Waals surface area contributed by atoms with Crippen molar-refractivity contribution in [3.63, 3.8) is 0 Å². The third kappa shape index (κ3) is 3.85. The summed E-state index contributed by atoms with van der Waals surface area (Å²) in [7, 11) is 0. The van der Waals surface area contributed by atoms with Crippen molar-refractivity contribution in [1.29, 1.82) is 0 Å². The second kappa shape index (κ2) is 6.76. The predicted octanol–water partition coefficient (Wildman–Crippen LogP) is 2.37. The highest BCUT2D eigenvalue weighted by Gasteiger charge is 2.20. The molecule has 8 nitrogen and oxygen atoms in total. The van der Waals surface area contributed by atoms with Crippen molar-refractivity contribution in [2.75, 3.05) is 5.32 Å². The van der Waals surface area contributed by atoms with Gasteiger partial charge in [-0.1, -0.05) is 12.1 Å². The zero-order valence-corrected chi connectivity index (χ0v) is 12.3. The van der Waals surface area contributed by atoms with Crippen LogP contribution in [0.1, 0.15) is 23.0 Å². The van der Waals surface area contributed by atoms with Crippen molar-refractivity contribution in [1.82, 2.24) is 4.98 Å². The fourth-order valence-electron chi connectivity index (χ4n) is 1.60. The number of anilines is 1. The summed E-state index contributed by atoms with van der Waals surface area (Å²) in [6, 6.07) is 5.54. The Labute approximate surface area is 128 Å². The standard InChI is InChI=1S/C13H11N3O5S/c1-8(17)14-13-15-9(7-22-13)6-21-12(18)10-4-2-3-5-11(10)16(19)20/h2-5,7H,6H2,1H3,(H,14,15,17). The topological polar surface area (TPSA) is 111 Å². The Morgan fingerprint density at radius 3 is 2.82 bits per heavy atom. The van der Waals surface area contributed by atoms with E-state index in [1.807, 2.05) is 0 Å². The number of nitrogens with zero attached hydrogens (tertiary/aromatic N) is 2. The number of benzene rings is 1. The van der Waals surface area contributed by atoms with Crippen LogP contribution >= 0.6 is 11.3 Å². The third-order valence-electron chi connectivity index (χ3n) is 2.51. The summed E-state index contributed by atoms with van der Waals surface area (Å²) in [6.45, 7) is 1.22. The van der Waals surface area contributed by atoms with Crippen LogP contribution in [0.3, 0.4) is 0 Å². The molecule has 1 aromatic carbocycles. The van der Waals surface area contributed by atoms with Gasteiger partial charge in [0, 0.05) is 18.4 Å². The van der Waals surface area contributed by atoms with E-state index >= 15 is 0 Å². The predicted molar refractivity (Wildman–Crippen MR) is 78.6 cm³/mol. The van der Waals surface area contributed by atoms with Crippen LogP contribution in [0, 0.1) is 10.1 Å². The minimum absolute atomic E-state index is 0.121. The van der Waals surface area contributed by atoms with E-state index in [-0.39, 0.29) is 23.8 Å². The molecule has 1 heterocycles. The van der Waals surface area contributed by atoms with Crippen molar-refractivity contribution in [3.05, 3.63) is 51.0 Å². The fourth-order valence-corrected chi connectivity index (χ4v) is 2.34. The number of hydrogen-bond acceptors (Lipinski definition) is 7. The zero-order chi connectivity index (χ0) is 16.1. The third-order valence-corrected chi connectivity index (χ3v) is 3.31. The second-order valence-electron chi connectivity index (χ2n) is 4.18. The van der Waals surface area contributed by atoms with Crippen LogP contribution in [0.15, 0.2) is 29.6 Å². The number of hydrogen-bond donors (Lipinski definition) is 1. The highest BCUT2D eigenvalue weighted by atomic mass is 32.1. The van der Waals surface area contributed by atoms with Crippen molar-refractivity contribution >= 4 is 34.0 Å². The van der Waals surface area contributed by atoms with E-state index in [0.29, 0.717) is 10.8 Å². The molecule has 0 bridgehead atoms. The van der Waals surface area contributed by atoms with Crippen molar-refractivity contribution in [3.8, 4) is 0 Å². The van der Waals surface area contributed by atoms with E-state index in [9.17, 15) is 19.7 Å². The average Bonchev–Trinajstić information content (AvgIpc) is 2.91. The normalized spacial score (nSPS) is 10.0. The molecule has 0 saturated heterocycles. The average molecular weight is 321 g/mol. The molecule has 0 aliphatic rings. The van der Waals surface area contributed by atoms with Gasteiger partial charge >= 0.3 is 5.97 Å². The highest BCUT2D eigenvalue weighted by molar-refractivity contribution is 7.13. The number of rotatable bonds is 5. The Balaban J connectivity index is 2.03. The van der Waals surface area contributed by atoms with Gasteiger partial charge in [0.05, 0.1) is 10.6 Å². The molecule has 0 unspecified atom stereocenters. The molecule has 114 valence electrons. The number of nitrogens with one attached hydrogen (secondary N) is 1. The highest BCUT2D eigenvalue weighted by Crippen LogP contribution is 2.20. The van der Waals surface area contributed by atoms with Gasteiger partial charge in [-0.05, 0) is 6.07 Å². The van der Waals surface area contributed by atoms with Crippen LogP contribution in [-0.2, 0) is 16.1 Å². The van der Waals surface area contributed by atoms with Gasteiger partial charge in [-0.3, -0.25) is 14.9 Å². The molecule has 0 spiro atoms. The maximum Gasteiger partial charge on any atom is 0.345 e. The van der Waals surface area contributed by atoms with Gasteiger partial charge in [-0.2, -0.15) is 0 Å². The Morgan fingerprint density at radius 2 is 2.14 bits per heavy atom. The SMILES string of the molecule is CC(=O)Nc1nc(COC(=O)c2ccccc2[N+](=O)[O-])cs1. The van der Waals surface area contributed by atoms with Gasteiger partial charge in [0.25, 0.3) is 5.69 Å². The lowest BCUT2D eigenvalue weighted by Gasteiger charge is -2.03. The Bertz CT molecular complexity index is 728. The quantitative estimate of drug-likeness (QED) is 0.514. The van der Waals surface area contributed by atoms with Crippen LogP contribution in [0.4, 0.5) is 10.8 Å². The molecule has 1 N–H and O–H groups in total. The van der Waals surface area contributed by atoms with Crippen LogP contribution in [0.5, 0.6) is 0 Å². The fraction of sp³-hybridized carbons (Fsp3) is 0.154. The second-order valence-corrected chi connectivity index (χ2v) is 5.03. The maximum atomic E-state index is 11.9. The van der Waals surface area contributed by atoms with E-state index in [2.05, 4.69) is 10.3 Å². The zero-order valence-electron chi connectivity index (χ0n) is 11.4. The molecule has 22 heavy (non-hydrogen) atoms. The molecule has 0 aliphatic carbocycles. The molecule has 9 heteroatoms. The lowest BCUT2D eigenvalue weighted by atomic mass is 10.2. The summed E-state index contributed by atoms with van der Waals surface area (Å²) >= 11 is 1.19. The first-order valence-electron chi connectivity index (χ1n) is 6.10. The Morgan fingerprint density at radius 1 is 1.41 bits per heavy atom. The number of amides is 1. The smallest absolute Gasteiger partial charge is 0.345 e. The summed E-state index contributed by atoms with van der Waals surface area (Å²) < 4.78 is 5.01. The maximum absolute atomic E-state index is 11.9. The number of carbonyl (C=O) groups excluding carboxylic acids is 2. The van der Waals surface area contributed by atoms with Gasteiger partial charge in [0.2, 0.25) is 5.91 Å².